The van der Waals surface area contributed by atoms with Gasteiger partial charge in [-0.3, -0.25) is 9.69 Å². The smallest absolute Gasteiger partial charge is 0.306 e. The van der Waals surface area contributed by atoms with E-state index in [9.17, 15) is 4.79 Å². The molecule has 0 saturated carbocycles. The van der Waals surface area contributed by atoms with Crippen molar-refractivity contribution >= 4 is 5.97 Å². The number of hydrogen-bond acceptors (Lipinski definition) is 7. The maximum Gasteiger partial charge on any atom is 0.306 e. The summed E-state index contributed by atoms with van der Waals surface area (Å²) in [6.45, 7) is 4.42. The van der Waals surface area contributed by atoms with Crippen molar-refractivity contribution in [3.63, 3.8) is 0 Å². The Morgan fingerprint density at radius 1 is 1.35 bits per heavy atom. The van der Waals surface area contributed by atoms with Gasteiger partial charge in [0.1, 0.15) is 0 Å². The van der Waals surface area contributed by atoms with E-state index < -0.39 is 0 Å². The van der Waals surface area contributed by atoms with Crippen LogP contribution in [0.1, 0.15) is 31.5 Å². The molecule has 0 aliphatic carbocycles. The monoisotopic (exact) mass is 285 g/mol. The molecule has 1 aromatic heterocycles. The van der Waals surface area contributed by atoms with E-state index >= 15 is 0 Å². The third kappa shape index (κ3) is 6.12. The minimum absolute atomic E-state index is 0.232. The molecule has 0 atom stereocenters. The number of aryl methyl sites for hydroxylation is 1. The first kappa shape index (κ1) is 16.6. The van der Waals surface area contributed by atoms with Crippen LogP contribution in [0.4, 0.5) is 0 Å². The molecule has 0 unspecified atom stereocenters. The molecule has 1 heterocycles. The number of carbonyl (C=O) groups excluding carboxylic acids is 1. The zero-order chi connectivity index (χ0) is 14.8. The number of ether oxygens (including phenoxy) is 2. The topological polar surface area (TPSA) is 77.7 Å². The highest BCUT2D eigenvalue weighted by molar-refractivity contribution is 5.69. The fourth-order valence-electron chi connectivity index (χ4n) is 1.71. The molecule has 1 aromatic rings. The largest absolute Gasteiger partial charge is 0.469 e. The van der Waals surface area contributed by atoms with E-state index in [0.717, 1.165) is 18.7 Å². The molecule has 7 nitrogen and oxygen atoms in total. The molecule has 0 fully saturated rings. The fourth-order valence-corrected chi connectivity index (χ4v) is 1.71. The second-order valence-electron chi connectivity index (χ2n) is 4.45. The molecule has 0 aliphatic heterocycles. The summed E-state index contributed by atoms with van der Waals surface area (Å²) in [5, 5.41) is 3.92. The minimum atomic E-state index is -0.232. The zero-order valence-electron chi connectivity index (χ0n) is 12.4. The molecular weight excluding hydrogens is 262 g/mol. The first-order chi connectivity index (χ1) is 9.69. The second kappa shape index (κ2) is 9.44. The summed E-state index contributed by atoms with van der Waals surface area (Å²) in [6, 6.07) is 0. The first-order valence-electron chi connectivity index (χ1n) is 6.79. The Kier molecular flexibility index (Phi) is 7.82. The number of aromatic nitrogens is 2. The van der Waals surface area contributed by atoms with E-state index in [-0.39, 0.29) is 5.97 Å². The lowest BCUT2D eigenvalue weighted by molar-refractivity contribution is -0.141. The van der Waals surface area contributed by atoms with Gasteiger partial charge in [-0.15, -0.1) is 0 Å². The maximum absolute atomic E-state index is 11.2. The lowest BCUT2D eigenvalue weighted by atomic mass is 10.3. The predicted octanol–water partition coefficient (Wildman–Crippen LogP) is 1.03. The number of esters is 1. The molecular formula is C13H23N3O4. The van der Waals surface area contributed by atoms with Gasteiger partial charge in [0.05, 0.1) is 26.7 Å². The average Bonchev–Trinajstić information content (AvgIpc) is 2.89. The molecule has 20 heavy (non-hydrogen) atoms. The molecule has 0 bridgehead atoms. The first-order valence-corrected chi connectivity index (χ1v) is 6.79. The lowest BCUT2D eigenvalue weighted by Crippen LogP contribution is -2.29. The summed E-state index contributed by atoms with van der Waals surface area (Å²) in [5.41, 5.74) is 0. The highest BCUT2D eigenvalue weighted by Crippen LogP contribution is 2.05. The van der Waals surface area contributed by atoms with E-state index in [0.29, 0.717) is 38.6 Å². The Morgan fingerprint density at radius 3 is 2.80 bits per heavy atom. The number of hydrogen-bond donors (Lipinski definition) is 0. The molecule has 0 radical (unpaired) electrons. The third-order valence-corrected chi connectivity index (χ3v) is 2.81. The molecule has 0 aliphatic rings. The summed E-state index contributed by atoms with van der Waals surface area (Å²) in [7, 11) is 3.03. The molecule has 1 rings (SSSR count). The number of methoxy groups -OCH3 is 2. The van der Waals surface area contributed by atoms with E-state index in [4.69, 9.17) is 9.26 Å². The van der Waals surface area contributed by atoms with E-state index in [1.807, 2.05) is 4.90 Å². The zero-order valence-corrected chi connectivity index (χ0v) is 12.4. The van der Waals surface area contributed by atoms with Gasteiger partial charge in [-0.25, -0.2) is 0 Å². The van der Waals surface area contributed by atoms with Crippen LogP contribution < -0.4 is 0 Å². The molecule has 7 heteroatoms. The van der Waals surface area contributed by atoms with Crippen LogP contribution in [0, 0.1) is 0 Å². The maximum atomic E-state index is 11.2. The molecule has 0 spiro atoms. The van der Waals surface area contributed by atoms with Crippen molar-refractivity contribution < 1.29 is 18.8 Å². The van der Waals surface area contributed by atoms with Gasteiger partial charge in [0, 0.05) is 26.6 Å². The van der Waals surface area contributed by atoms with Crippen LogP contribution >= 0.6 is 0 Å². The molecule has 0 amide bonds. The van der Waals surface area contributed by atoms with Crippen molar-refractivity contribution in [2.45, 2.75) is 32.7 Å². The fraction of sp³-hybridized carbons (Fsp3) is 0.769. The van der Waals surface area contributed by atoms with Gasteiger partial charge in [-0.1, -0.05) is 12.1 Å². The van der Waals surface area contributed by atoms with Gasteiger partial charge in [-0.05, 0) is 6.42 Å². The van der Waals surface area contributed by atoms with Gasteiger partial charge in [-0.2, -0.15) is 4.98 Å². The SMILES string of the molecule is CCCc1noc(CN(CCOC)CCC(=O)OC)n1. The Morgan fingerprint density at radius 2 is 2.15 bits per heavy atom. The van der Waals surface area contributed by atoms with Gasteiger partial charge >= 0.3 is 5.97 Å². The van der Waals surface area contributed by atoms with Crippen LogP contribution in [0.25, 0.3) is 0 Å². The summed E-state index contributed by atoms with van der Waals surface area (Å²) < 4.78 is 14.9. The lowest BCUT2D eigenvalue weighted by Gasteiger charge is -2.19. The summed E-state index contributed by atoms with van der Waals surface area (Å²) in [5.74, 6) is 1.06. The van der Waals surface area contributed by atoms with Crippen molar-refractivity contribution in [3.8, 4) is 0 Å². The van der Waals surface area contributed by atoms with Gasteiger partial charge < -0.3 is 14.0 Å². The quantitative estimate of drug-likeness (QED) is 0.594. The van der Waals surface area contributed by atoms with Crippen LogP contribution in [0.15, 0.2) is 4.52 Å². The van der Waals surface area contributed by atoms with Gasteiger partial charge in [0.2, 0.25) is 5.89 Å². The van der Waals surface area contributed by atoms with Crippen molar-refractivity contribution in [3.05, 3.63) is 11.7 Å². The number of carbonyl (C=O) groups is 1. The highest BCUT2D eigenvalue weighted by Gasteiger charge is 2.13. The van der Waals surface area contributed by atoms with Crippen molar-refractivity contribution in [2.75, 3.05) is 33.9 Å². The Bertz CT molecular complexity index is 395. The van der Waals surface area contributed by atoms with Crippen LogP contribution in [-0.2, 0) is 27.2 Å². The molecule has 0 N–H and O–H groups in total. The number of rotatable bonds is 10. The van der Waals surface area contributed by atoms with Crippen LogP contribution in [0.5, 0.6) is 0 Å². The Labute approximate surface area is 119 Å². The third-order valence-electron chi connectivity index (χ3n) is 2.81. The molecule has 0 aromatic carbocycles. The summed E-state index contributed by atoms with van der Waals surface area (Å²) in [4.78, 5) is 17.6. The van der Waals surface area contributed by atoms with Gasteiger partial charge in [0.15, 0.2) is 5.82 Å². The van der Waals surface area contributed by atoms with Crippen molar-refractivity contribution in [1.82, 2.24) is 15.0 Å². The summed E-state index contributed by atoms with van der Waals surface area (Å²) in [6.07, 6.45) is 2.12. The van der Waals surface area contributed by atoms with Crippen molar-refractivity contribution in [2.24, 2.45) is 0 Å². The Balaban J connectivity index is 2.50. The van der Waals surface area contributed by atoms with E-state index in [1.165, 1.54) is 7.11 Å². The van der Waals surface area contributed by atoms with Crippen LogP contribution in [0.3, 0.4) is 0 Å². The Hall–Kier alpha value is -1.47. The standard InChI is InChI=1S/C13H23N3O4/c1-4-5-11-14-12(20-15-11)10-16(8-9-18-2)7-6-13(17)19-3/h4-10H2,1-3H3. The minimum Gasteiger partial charge on any atom is -0.469 e. The van der Waals surface area contributed by atoms with E-state index in [1.54, 1.807) is 7.11 Å². The number of nitrogens with zero attached hydrogens (tertiary/aromatic N) is 3. The highest BCUT2D eigenvalue weighted by atomic mass is 16.5. The van der Waals surface area contributed by atoms with Gasteiger partial charge in [0.25, 0.3) is 0 Å². The summed E-state index contributed by atoms with van der Waals surface area (Å²) >= 11 is 0. The van der Waals surface area contributed by atoms with E-state index in [2.05, 4.69) is 21.8 Å². The predicted molar refractivity (Wildman–Crippen MR) is 72.1 cm³/mol. The average molecular weight is 285 g/mol. The normalized spacial score (nSPS) is 11.0. The molecule has 114 valence electrons. The second-order valence-corrected chi connectivity index (χ2v) is 4.45. The van der Waals surface area contributed by atoms with Crippen LogP contribution in [0.2, 0.25) is 0 Å². The van der Waals surface area contributed by atoms with Crippen LogP contribution in [-0.4, -0.2) is 54.9 Å². The van der Waals surface area contributed by atoms with Crippen molar-refractivity contribution in [1.29, 1.82) is 0 Å². The molecule has 0 saturated heterocycles.